The molecule has 1 rings (SSSR count). The van der Waals surface area contributed by atoms with Crippen LogP contribution in [0.1, 0.15) is 12.0 Å². The quantitative estimate of drug-likeness (QED) is 0.552. The van der Waals surface area contributed by atoms with E-state index in [1.165, 1.54) is 12.1 Å². The van der Waals surface area contributed by atoms with Crippen molar-refractivity contribution in [2.75, 3.05) is 11.9 Å². The highest BCUT2D eigenvalue weighted by molar-refractivity contribution is 5.45. The summed E-state index contributed by atoms with van der Waals surface area (Å²) in [6.07, 6.45) is 5.74. The smallest absolute Gasteiger partial charge is 0.125 e. The van der Waals surface area contributed by atoms with Gasteiger partial charge in [0, 0.05) is 18.7 Å². The van der Waals surface area contributed by atoms with Gasteiger partial charge in [0.05, 0.1) is 0 Å². The third-order valence-corrected chi connectivity index (χ3v) is 1.64. The van der Waals surface area contributed by atoms with Crippen molar-refractivity contribution in [3.8, 4) is 12.3 Å². The molecular weight excluding hydrogens is 165 g/mol. The van der Waals surface area contributed by atoms with Gasteiger partial charge in [-0.3, -0.25) is 0 Å². The van der Waals surface area contributed by atoms with Crippen LogP contribution in [0.3, 0.4) is 0 Å². The molecule has 1 nitrogen and oxygen atoms in total. The monoisotopic (exact) mass is 177 g/mol. The number of rotatable bonds is 3. The number of nitrogens with one attached hydrogen (secondary N) is 1. The minimum absolute atomic E-state index is 0.219. The second kappa shape index (κ2) is 4.51. The summed E-state index contributed by atoms with van der Waals surface area (Å²) in [6, 6.07) is 4.84. The van der Waals surface area contributed by atoms with Crippen LogP contribution in [0.15, 0.2) is 18.2 Å². The van der Waals surface area contributed by atoms with Gasteiger partial charge in [-0.15, -0.1) is 12.3 Å². The fourth-order valence-electron chi connectivity index (χ4n) is 1.12. The van der Waals surface area contributed by atoms with Gasteiger partial charge in [-0.1, -0.05) is 0 Å². The molecule has 1 aromatic carbocycles. The number of halogens is 1. The van der Waals surface area contributed by atoms with Gasteiger partial charge in [0.25, 0.3) is 0 Å². The molecule has 0 saturated carbocycles. The van der Waals surface area contributed by atoms with Gasteiger partial charge in [0.1, 0.15) is 5.82 Å². The summed E-state index contributed by atoms with van der Waals surface area (Å²) in [5.74, 6) is 2.29. The van der Waals surface area contributed by atoms with E-state index in [1.54, 1.807) is 0 Å². The molecule has 0 unspecified atom stereocenters. The second-order valence-corrected chi connectivity index (χ2v) is 2.90. The zero-order valence-electron chi connectivity index (χ0n) is 7.60. The number of hydrogen-bond acceptors (Lipinski definition) is 1. The van der Waals surface area contributed by atoms with Gasteiger partial charge in [0.2, 0.25) is 0 Å². The van der Waals surface area contributed by atoms with E-state index in [4.69, 9.17) is 6.42 Å². The zero-order chi connectivity index (χ0) is 9.68. The molecule has 0 aliphatic rings. The maximum absolute atomic E-state index is 12.9. The number of terminal acetylenes is 1. The van der Waals surface area contributed by atoms with Crippen LogP contribution in [0, 0.1) is 25.1 Å². The summed E-state index contributed by atoms with van der Waals surface area (Å²) in [7, 11) is 0. The minimum atomic E-state index is -0.219. The van der Waals surface area contributed by atoms with Crippen LogP contribution in [0.25, 0.3) is 0 Å². The van der Waals surface area contributed by atoms with Gasteiger partial charge >= 0.3 is 0 Å². The third kappa shape index (κ3) is 3.16. The lowest BCUT2D eigenvalue weighted by atomic mass is 10.2. The van der Waals surface area contributed by atoms with E-state index >= 15 is 0 Å². The summed E-state index contributed by atoms with van der Waals surface area (Å²) < 4.78 is 12.9. The highest BCUT2D eigenvalue weighted by atomic mass is 19.1. The first-order chi connectivity index (χ1) is 6.22. The summed E-state index contributed by atoms with van der Waals surface area (Å²) in [6.45, 7) is 2.54. The Balaban J connectivity index is 2.62. The first kappa shape index (κ1) is 9.60. The van der Waals surface area contributed by atoms with E-state index in [0.717, 1.165) is 11.3 Å². The van der Waals surface area contributed by atoms with Crippen molar-refractivity contribution in [3.05, 3.63) is 29.6 Å². The van der Waals surface area contributed by atoms with Crippen molar-refractivity contribution in [2.45, 2.75) is 13.3 Å². The van der Waals surface area contributed by atoms with Crippen LogP contribution in [0.5, 0.6) is 0 Å². The maximum atomic E-state index is 12.9. The maximum Gasteiger partial charge on any atom is 0.125 e. The van der Waals surface area contributed by atoms with Gasteiger partial charge in [0.15, 0.2) is 0 Å². The topological polar surface area (TPSA) is 12.0 Å². The van der Waals surface area contributed by atoms with E-state index in [2.05, 4.69) is 11.2 Å². The molecule has 0 bridgehead atoms. The Morgan fingerprint density at radius 1 is 1.46 bits per heavy atom. The lowest BCUT2D eigenvalue weighted by Crippen LogP contribution is -2.00. The highest BCUT2D eigenvalue weighted by Gasteiger charge is 1.96. The summed E-state index contributed by atoms with van der Waals surface area (Å²) in [5, 5.41) is 3.04. The Bertz CT molecular complexity index is 305. The molecule has 0 spiro atoms. The lowest BCUT2D eigenvalue weighted by Gasteiger charge is -2.05. The number of anilines is 1. The molecule has 0 aliphatic heterocycles. The third-order valence-electron chi connectivity index (χ3n) is 1.64. The molecule has 13 heavy (non-hydrogen) atoms. The molecule has 0 aliphatic carbocycles. The SMILES string of the molecule is C#CCCNc1cc(C)cc(F)c1. The van der Waals surface area contributed by atoms with Crippen LogP contribution < -0.4 is 5.32 Å². The molecule has 0 heterocycles. The molecule has 0 radical (unpaired) electrons. The zero-order valence-corrected chi connectivity index (χ0v) is 7.60. The summed E-state index contributed by atoms with van der Waals surface area (Å²) >= 11 is 0. The average Bonchev–Trinajstić information content (AvgIpc) is 2.03. The lowest BCUT2D eigenvalue weighted by molar-refractivity contribution is 0.627. The Morgan fingerprint density at radius 2 is 2.23 bits per heavy atom. The van der Waals surface area contributed by atoms with Crippen LogP contribution in [0.4, 0.5) is 10.1 Å². The fraction of sp³-hybridized carbons (Fsp3) is 0.273. The van der Waals surface area contributed by atoms with E-state index in [-0.39, 0.29) is 5.82 Å². The Hall–Kier alpha value is -1.49. The summed E-state index contributed by atoms with van der Waals surface area (Å²) in [5.41, 5.74) is 1.69. The van der Waals surface area contributed by atoms with E-state index in [0.29, 0.717) is 13.0 Å². The van der Waals surface area contributed by atoms with Gasteiger partial charge in [-0.2, -0.15) is 0 Å². The molecule has 1 N–H and O–H groups in total. The standard InChI is InChI=1S/C11H12FN/c1-3-4-5-13-11-7-9(2)6-10(12)8-11/h1,6-8,13H,4-5H2,2H3. The Kier molecular flexibility index (Phi) is 3.33. The average molecular weight is 177 g/mol. The molecule has 68 valence electrons. The minimum Gasteiger partial charge on any atom is -0.384 e. The van der Waals surface area contributed by atoms with Gasteiger partial charge < -0.3 is 5.32 Å². The molecule has 0 saturated heterocycles. The van der Waals surface area contributed by atoms with Crippen molar-refractivity contribution in [1.29, 1.82) is 0 Å². The summed E-state index contributed by atoms with van der Waals surface area (Å²) in [4.78, 5) is 0. The molecular formula is C11H12FN. The van der Waals surface area contributed by atoms with E-state index in [9.17, 15) is 4.39 Å². The fourth-order valence-corrected chi connectivity index (χ4v) is 1.12. The van der Waals surface area contributed by atoms with E-state index in [1.807, 2.05) is 13.0 Å². The first-order valence-corrected chi connectivity index (χ1v) is 4.17. The molecule has 0 aromatic heterocycles. The molecule has 0 fully saturated rings. The van der Waals surface area contributed by atoms with Crippen molar-refractivity contribution in [1.82, 2.24) is 0 Å². The number of benzene rings is 1. The van der Waals surface area contributed by atoms with Gasteiger partial charge in [-0.05, 0) is 30.7 Å². The van der Waals surface area contributed by atoms with Crippen LogP contribution in [0.2, 0.25) is 0 Å². The highest BCUT2D eigenvalue weighted by Crippen LogP contribution is 2.12. The Morgan fingerprint density at radius 3 is 2.85 bits per heavy atom. The molecule has 0 atom stereocenters. The molecule has 2 heteroatoms. The van der Waals surface area contributed by atoms with Crippen molar-refractivity contribution in [3.63, 3.8) is 0 Å². The molecule has 0 amide bonds. The van der Waals surface area contributed by atoms with Crippen LogP contribution in [-0.2, 0) is 0 Å². The predicted molar refractivity (Wildman–Crippen MR) is 53.1 cm³/mol. The number of aryl methyl sites for hydroxylation is 1. The van der Waals surface area contributed by atoms with Crippen molar-refractivity contribution < 1.29 is 4.39 Å². The van der Waals surface area contributed by atoms with Crippen LogP contribution >= 0.6 is 0 Å². The second-order valence-electron chi connectivity index (χ2n) is 2.90. The van der Waals surface area contributed by atoms with Crippen molar-refractivity contribution >= 4 is 5.69 Å². The van der Waals surface area contributed by atoms with Crippen molar-refractivity contribution in [2.24, 2.45) is 0 Å². The van der Waals surface area contributed by atoms with E-state index < -0.39 is 0 Å². The largest absolute Gasteiger partial charge is 0.384 e. The van der Waals surface area contributed by atoms with Crippen LogP contribution in [-0.4, -0.2) is 6.54 Å². The number of hydrogen-bond donors (Lipinski definition) is 1. The normalized spacial score (nSPS) is 9.31. The Labute approximate surface area is 78.0 Å². The first-order valence-electron chi connectivity index (χ1n) is 4.17. The van der Waals surface area contributed by atoms with Gasteiger partial charge in [-0.25, -0.2) is 4.39 Å². The molecule has 1 aromatic rings. The predicted octanol–water partition coefficient (Wildman–Crippen LogP) is 2.57.